The molecule has 0 aliphatic carbocycles. The molecule has 1 heterocycles. The van der Waals surface area contributed by atoms with Crippen LogP contribution >= 0.6 is 0 Å². The van der Waals surface area contributed by atoms with Crippen LogP contribution in [0.5, 0.6) is 0 Å². The number of benzene rings is 1. The van der Waals surface area contributed by atoms with Crippen LogP contribution in [0.15, 0.2) is 23.2 Å². The SMILES string of the molecule is CC(C)C1COC(c2ccc(C(F)(F)F)cc2C(F)(F)F)=N1. The van der Waals surface area contributed by atoms with Crippen molar-refractivity contribution in [3.8, 4) is 0 Å². The van der Waals surface area contributed by atoms with E-state index in [0.29, 0.717) is 6.07 Å². The van der Waals surface area contributed by atoms with Gasteiger partial charge in [-0.1, -0.05) is 13.8 Å². The van der Waals surface area contributed by atoms with Crippen LogP contribution in [0.1, 0.15) is 30.5 Å². The van der Waals surface area contributed by atoms with E-state index in [1.807, 2.05) is 13.8 Å². The molecule has 1 aromatic rings. The first kappa shape index (κ1) is 16.6. The highest BCUT2D eigenvalue weighted by molar-refractivity contribution is 5.97. The zero-order valence-corrected chi connectivity index (χ0v) is 11.7. The van der Waals surface area contributed by atoms with Crippen molar-refractivity contribution in [2.24, 2.45) is 10.9 Å². The zero-order valence-electron chi connectivity index (χ0n) is 11.7. The van der Waals surface area contributed by atoms with Gasteiger partial charge in [-0.05, 0) is 24.1 Å². The predicted molar refractivity (Wildman–Crippen MR) is 67.6 cm³/mol. The van der Waals surface area contributed by atoms with Gasteiger partial charge in [0.15, 0.2) is 0 Å². The molecule has 0 bridgehead atoms. The molecule has 1 unspecified atom stereocenters. The third-order valence-electron chi connectivity index (χ3n) is 3.33. The summed E-state index contributed by atoms with van der Waals surface area (Å²) in [4.78, 5) is 4.04. The third-order valence-corrected chi connectivity index (χ3v) is 3.33. The van der Waals surface area contributed by atoms with E-state index in [9.17, 15) is 26.3 Å². The Bertz CT molecular complexity index is 588. The van der Waals surface area contributed by atoms with Crippen LogP contribution < -0.4 is 0 Å². The molecule has 8 heteroatoms. The van der Waals surface area contributed by atoms with Crippen molar-refractivity contribution >= 4 is 5.90 Å². The Morgan fingerprint density at radius 1 is 1.09 bits per heavy atom. The molecule has 0 spiro atoms. The fourth-order valence-electron chi connectivity index (χ4n) is 2.02. The van der Waals surface area contributed by atoms with E-state index in [0.717, 1.165) is 6.07 Å². The monoisotopic (exact) mass is 325 g/mol. The Morgan fingerprint density at radius 2 is 1.73 bits per heavy atom. The van der Waals surface area contributed by atoms with E-state index >= 15 is 0 Å². The molecular formula is C14H13F6NO. The van der Waals surface area contributed by atoms with Gasteiger partial charge in [0.25, 0.3) is 0 Å². The molecule has 0 amide bonds. The minimum Gasteiger partial charge on any atom is -0.475 e. The number of rotatable bonds is 2. The van der Waals surface area contributed by atoms with Gasteiger partial charge in [0, 0.05) is 5.56 Å². The van der Waals surface area contributed by atoms with Crippen molar-refractivity contribution in [3.63, 3.8) is 0 Å². The van der Waals surface area contributed by atoms with Gasteiger partial charge in [-0.15, -0.1) is 0 Å². The Hall–Kier alpha value is -1.73. The maximum atomic E-state index is 13.0. The number of hydrogen-bond acceptors (Lipinski definition) is 2. The second-order valence-electron chi connectivity index (χ2n) is 5.31. The maximum Gasteiger partial charge on any atom is 0.417 e. The molecule has 22 heavy (non-hydrogen) atoms. The molecule has 1 aromatic carbocycles. The highest BCUT2D eigenvalue weighted by Gasteiger charge is 2.40. The van der Waals surface area contributed by atoms with E-state index in [1.54, 1.807) is 0 Å². The van der Waals surface area contributed by atoms with Crippen LogP contribution in [0.4, 0.5) is 26.3 Å². The highest BCUT2D eigenvalue weighted by atomic mass is 19.4. The van der Waals surface area contributed by atoms with Gasteiger partial charge < -0.3 is 4.74 Å². The molecule has 122 valence electrons. The molecule has 0 radical (unpaired) electrons. The van der Waals surface area contributed by atoms with E-state index in [1.165, 1.54) is 0 Å². The number of ether oxygens (including phenoxy) is 1. The van der Waals surface area contributed by atoms with Crippen molar-refractivity contribution in [3.05, 3.63) is 34.9 Å². The van der Waals surface area contributed by atoms with Gasteiger partial charge >= 0.3 is 12.4 Å². The van der Waals surface area contributed by atoms with Gasteiger partial charge in [0.1, 0.15) is 6.61 Å². The first-order valence-corrected chi connectivity index (χ1v) is 6.49. The summed E-state index contributed by atoms with van der Waals surface area (Å²) in [6.07, 6.45) is -9.78. The molecule has 0 saturated heterocycles. The van der Waals surface area contributed by atoms with Gasteiger partial charge in [0.2, 0.25) is 5.90 Å². The summed E-state index contributed by atoms with van der Waals surface area (Å²) >= 11 is 0. The van der Waals surface area contributed by atoms with Crippen LogP contribution in [0.25, 0.3) is 0 Å². The first-order valence-electron chi connectivity index (χ1n) is 6.49. The molecule has 1 aliphatic heterocycles. The molecule has 0 N–H and O–H groups in total. The summed E-state index contributed by atoms with van der Waals surface area (Å²) in [5.41, 5.74) is -3.23. The fourth-order valence-corrected chi connectivity index (χ4v) is 2.02. The lowest BCUT2D eigenvalue weighted by atomic mass is 10.0. The van der Waals surface area contributed by atoms with E-state index in [2.05, 4.69) is 4.99 Å². The average molecular weight is 325 g/mol. The topological polar surface area (TPSA) is 21.6 Å². The molecule has 0 fully saturated rings. The van der Waals surface area contributed by atoms with E-state index in [4.69, 9.17) is 4.74 Å². The number of hydrogen-bond donors (Lipinski definition) is 0. The first-order chi connectivity index (χ1) is 10.00. The van der Waals surface area contributed by atoms with Crippen LogP contribution in [-0.4, -0.2) is 18.5 Å². The van der Waals surface area contributed by atoms with E-state index in [-0.39, 0.29) is 30.5 Å². The van der Waals surface area contributed by atoms with Gasteiger partial charge in [-0.3, -0.25) is 0 Å². The Labute approximate surface area is 122 Å². The Kier molecular flexibility index (Phi) is 4.14. The summed E-state index contributed by atoms with van der Waals surface area (Å²) in [7, 11) is 0. The van der Waals surface area contributed by atoms with Crippen molar-refractivity contribution in [1.82, 2.24) is 0 Å². The quantitative estimate of drug-likeness (QED) is 0.732. The molecule has 0 saturated carbocycles. The molecule has 1 aliphatic rings. The second-order valence-corrected chi connectivity index (χ2v) is 5.31. The molecule has 0 aromatic heterocycles. The molecule has 2 nitrogen and oxygen atoms in total. The van der Waals surface area contributed by atoms with Crippen molar-refractivity contribution in [1.29, 1.82) is 0 Å². The van der Waals surface area contributed by atoms with Gasteiger partial charge in [-0.25, -0.2) is 4.99 Å². The summed E-state index contributed by atoms with van der Waals surface area (Å²) in [6.45, 7) is 3.78. The number of alkyl halides is 6. The number of nitrogens with zero attached hydrogens (tertiary/aromatic N) is 1. The minimum absolute atomic E-state index is 0.0567. The number of aliphatic imine (C=N–C) groups is 1. The van der Waals surface area contributed by atoms with Crippen LogP contribution in [0, 0.1) is 5.92 Å². The molecule has 2 rings (SSSR count). The lowest BCUT2D eigenvalue weighted by molar-refractivity contribution is -0.143. The van der Waals surface area contributed by atoms with Crippen molar-refractivity contribution in [2.45, 2.75) is 32.2 Å². The number of halogens is 6. The Balaban J connectivity index is 2.51. The predicted octanol–water partition coefficient (Wildman–Crippen LogP) is 4.53. The molecule has 1 atom stereocenters. The molecular weight excluding hydrogens is 312 g/mol. The summed E-state index contributed by atoms with van der Waals surface area (Å²) in [6, 6.07) is 1.13. The Morgan fingerprint density at radius 3 is 2.18 bits per heavy atom. The maximum absolute atomic E-state index is 13.0. The summed E-state index contributed by atoms with van der Waals surface area (Å²) in [5.74, 6) is -0.207. The normalized spacial score (nSPS) is 19.3. The van der Waals surface area contributed by atoms with Crippen LogP contribution in [0.2, 0.25) is 0 Å². The zero-order chi connectivity index (χ0) is 16.7. The van der Waals surface area contributed by atoms with Crippen molar-refractivity contribution < 1.29 is 31.1 Å². The van der Waals surface area contributed by atoms with Crippen LogP contribution in [-0.2, 0) is 17.1 Å². The lowest BCUT2D eigenvalue weighted by Crippen LogP contribution is -2.16. The lowest BCUT2D eigenvalue weighted by Gasteiger charge is -2.15. The standard InChI is InChI=1S/C14H13F6NO/c1-7(2)11-6-22-12(21-11)9-4-3-8(13(15,16)17)5-10(9)14(18,19)20/h3-5,7,11H,6H2,1-2H3. The summed E-state index contributed by atoms with van der Waals surface area (Å²) in [5, 5.41) is 0. The fraction of sp³-hybridized carbons (Fsp3) is 0.500. The average Bonchev–Trinajstić information content (AvgIpc) is 2.85. The van der Waals surface area contributed by atoms with Crippen molar-refractivity contribution in [2.75, 3.05) is 6.61 Å². The van der Waals surface area contributed by atoms with E-state index < -0.39 is 29.0 Å². The highest BCUT2D eigenvalue weighted by Crippen LogP contribution is 2.38. The smallest absolute Gasteiger partial charge is 0.417 e. The largest absolute Gasteiger partial charge is 0.475 e. The van der Waals surface area contributed by atoms with Gasteiger partial charge in [-0.2, -0.15) is 26.3 Å². The summed E-state index contributed by atoms with van der Waals surface area (Å²) < 4.78 is 82.1. The second kappa shape index (κ2) is 5.48. The minimum atomic E-state index is -4.93. The van der Waals surface area contributed by atoms with Gasteiger partial charge in [0.05, 0.1) is 17.2 Å². The van der Waals surface area contributed by atoms with Crippen LogP contribution in [0.3, 0.4) is 0 Å². The third kappa shape index (κ3) is 3.36.